The van der Waals surface area contributed by atoms with E-state index in [1.54, 1.807) is 24.3 Å². The van der Waals surface area contributed by atoms with Crippen molar-refractivity contribution in [2.24, 2.45) is 5.41 Å². The third kappa shape index (κ3) is 4.36. The lowest BCUT2D eigenvalue weighted by Crippen LogP contribution is -2.43. The first kappa shape index (κ1) is 18.9. The summed E-state index contributed by atoms with van der Waals surface area (Å²) in [6, 6.07) is 6.44. The number of hydrogen-bond donors (Lipinski definition) is 1. The minimum absolute atomic E-state index is 0.215. The van der Waals surface area contributed by atoms with Crippen LogP contribution in [-0.4, -0.2) is 31.6 Å². The molecule has 1 N–H and O–H groups in total. The smallest absolute Gasteiger partial charge is 0.317 e. The van der Waals surface area contributed by atoms with E-state index in [4.69, 9.17) is 16.3 Å². The molecule has 0 fully saturated rings. The number of ether oxygens (including phenoxy) is 1. The van der Waals surface area contributed by atoms with Gasteiger partial charge in [0, 0.05) is 5.02 Å². The molecule has 0 saturated heterocycles. The Morgan fingerprint density at radius 3 is 2.56 bits per heavy atom. The van der Waals surface area contributed by atoms with E-state index in [9.17, 15) is 14.7 Å². The summed E-state index contributed by atoms with van der Waals surface area (Å²) in [6.45, 7) is 3.36. The van der Waals surface area contributed by atoms with Gasteiger partial charge >= 0.3 is 5.97 Å². The number of carbonyl (C=O) groups excluding carboxylic acids is 1. The number of rotatable bonds is 9. The predicted molar refractivity (Wildman–Crippen MR) is 91.4 cm³/mol. The molecule has 0 radical (unpaired) electrons. The summed E-state index contributed by atoms with van der Waals surface area (Å²) < 4.78 is 6.95. The van der Waals surface area contributed by atoms with Crippen molar-refractivity contribution in [3.8, 4) is 5.75 Å². The van der Waals surface area contributed by atoms with Crippen LogP contribution in [0.2, 0.25) is 5.02 Å². The Bertz CT molecular complexity index is 718. The summed E-state index contributed by atoms with van der Waals surface area (Å²) in [5.74, 6) is -1.40. The van der Waals surface area contributed by atoms with Crippen molar-refractivity contribution in [1.29, 1.82) is 0 Å². The molecule has 0 aliphatic carbocycles. The number of aliphatic carboxylic acids is 1. The molecule has 134 valence electrons. The zero-order valence-corrected chi connectivity index (χ0v) is 14.8. The molecule has 1 aromatic carbocycles. The van der Waals surface area contributed by atoms with Gasteiger partial charge in [-0.15, -0.1) is 0 Å². The van der Waals surface area contributed by atoms with Gasteiger partial charge in [-0.2, -0.15) is 5.10 Å². The third-order valence-electron chi connectivity index (χ3n) is 4.01. The summed E-state index contributed by atoms with van der Waals surface area (Å²) in [6.07, 6.45) is 2.95. The Morgan fingerprint density at radius 1 is 1.36 bits per heavy atom. The molecule has 0 spiro atoms. The van der Waals surface area contributed by atoms with Crippen molar-refractivity contribution >= 4 is 23.4 Å². The number of hydrogen-bond acceptors (Lipinski definition) is 5. The molecule has 1 aromatic heterocycles. The minimum Gasteiger partial charge on any atom is -0.481 e. The second-order valence-electron chi connectivity index (χ2n) is 5.90. The van der Waals surface area contributed by atoms with E-state index in [0.29, 0.717) is 17.2 Å². The van der Waals surface area contributed by atoms with Crippen molar-refractivity contribution < 1.29 is 19.4 Å². The summed E-state index contributed by atoms with van der Waals surface area (Å²) in [4.78, 5) is 28.7. The van der Waals surface area contributed by atoms with Crippen LogP contribution in [0.1, 0.15) is 39.3 Å². The highest BCUT2D eigenvalue weighted by atomic mass is 35.5. The number of unbranched alkanes of at least 4 members (excludes halogenated alkanes) is 1. The van der Waals surface area contributed by atoms with Gasteiger partial charge in [-0.05, 0) is 37.6 Å². The van der Waals surface area contributed by atoms with Gasteiger partial charge in [0.05, 0.1) is 0 Å². The number of halogens is 1. The number of ketones is 1. The van der Waals surface area contributed by atoms with E-state index in [0.717, 1.165) is 6.42 Å². The average Bonchev–Trinajstić information content (AvgIpc) is 3.12. The number of Topliss-reactive ketones (excluding diaryl/α,β-unsaturated/α-hetero) is 1. The second-order valence-corrected chi connectivity index (χ2v) is 6.34. The molecule has 2 atom stereocenters. The lowest BCUT2D eigenvalue weighted by Gasteiger charge is -2.28. The fraction of sp³-hybridized carbons (Fsp3) is 0.412. The van der Waals surface area contributed by atoms with Crippen molar-refractivity contribution in [3.63, 3.8) is 0 Å². The van der Waals surface area contributed by atoms with Gasteiger partial charge in [0.25, 0.3) is 6.23 Å². The number of carbonyl (C=O) groups is 2. The highest BCUT2D eigenvalue weighted by molar-refractivity contribution is 6.30. The molecule has 2 unspecified atom stereocenters. The number of nitrogens with zero attached hydrogens (tertiary/aromatic N) is 3. The van der Waals surface area contributed by atoms with Crippen molar-refractivity contribution in [1.82, 2.24) is 14.8 Å². The Kier molecular flexibility index (Phi) is 6.14. The molecule has 0 aliphatic rings. The van der Waals surface area contributed by atoms with Crippen LogP contribution in [0.25, 0.3) is 0 Å². The van der Waals surface area contributed by atoms with Crippen LogP contribution in [0.3, 0.4) is 0 Å². The Labute approximate surface area is 150 Å². The van der Waals surface area contributed by atoms with Crippen LogP contribution in [0, 0.1) is 5.41 Å². The van der Waals surface area contributed by atoms with Crippen LogP contribution in [0.5, 0.6) is 5.75 Å². The van der Waals surface area contributed by atoms with Crippen LogP contribution < -0.4 is 4.74 Å². The predicted octanol–water partition coefficient (Wildman–Crippen LogP) is 3.36. The lowest BCUT2D eigenvalue weighted by molar-refractivity contribution is -0.159. The van der Waals surface area contributed by atoms with Gasteiger partial charge in [-0.25, -0.2) is 9.67 Å². The molecule has 0 saturated carbocycles. The van der Waals surface area contributed by atoms with E-state index in [-0.39, 0.29) is 6.42 Å². The van der Waals surface area contributed by atoms with Gasteiger partial charge < -0.3 is 9.84 Å². The summed E-state index contributed by atoms with van der Waals surface area (Å²) in [5, 5.41) is 14.1. The summed E-state index contributed by atoms with van der Waals surface area (Å²) >= 11 is 5.85. The maximum Gasteiger partial charge on any atom is 0.317 e. The van der Waals surface area contributed by atoms with E-state index in [1.807, 2.05) is 6.92 Å². The molecule has 1 heterocycles. The Balaban J connectivity index is 2.35. The SMILES string of the molecule is CCCCC(C)(C(=O)O)C(=O)C(Oc1ccc(Cl)cc1)n1cncn1. The van der Waals surface area contributed by atoms with Gasteiger partial charge in [0.1, 0.15) is 23.8 Å². The molecule has 25 heavy (non-hydrogen) atoms. The standard InChI is InChI=1S/C17H20ClN3O4/c1-3-4-9-17(2,16(23)24)14(22)15(21-11-19-10-20-21)25-13-7-5-12(18)6-8-13/h5-8,10-11,15H,3-4,9H2,1-2H3,(H,23,24). The van der Waals surface area contributed by atoms with Crippen LogP contribution in [0.15, 0.2) is 36.9 Å². The first-order chi connectivity index (χ1) is 11.9. The van der Waals surface area contributed by atoms with Gasteiger partial charge in [-0.3, -0.25) is 9.59 Å². The van der Waals surface area contributed by atoms with E-state index < -0.39 is 23.4 Å². The maximum absolute atomic E-state index is 13.1. The largest absolute Gasteiger partial charge is 0.481 e. The summed E-state index contributed by atoms with van der Waals surface area (Å²) in [7, 11) is 0. The highest BCUT2D eigenvalue weighted by Crippen LogP contribution is 2.32. The zero-order valence-electron chi connectivity index (χ0n) is 14.1. The Hall–Kier alpha value is -2.41. The third-order valence-corrected chi connectivity index (χ3v) is 4.26. The number of carboxylic acids is 1. The molecular formula is C17H20ClN3O4. The van der Waals surface area contributed by atoms with Crippen LogP contribution in [-0.2, 0) is 9.59 Å². The number of aromatic nitrogens is 3. The first-order valence-electron chi connectivity index (χ1n) is 7.92. The van der Waals surface area contributed by atoms with Crippen LogP contribution >= 0.6 is 11.6 Å². The van der Waals surface area contributed by atoms with Gasteiger partial charge in [0.2, 0.25) is 5.78 Å². The lowest BCUT2D eigenvalue weighted by atomic mass is 9.80. The maximum atomic E-state index is 13.1. The molecule has 2 aromatic rings. The highest BCUT2D eigenvalue weighted by Gasteiger charge is 2.46. The topological polar surface area (TPSA) is 94.3 Å². The molecule has 0 aliphatic heterocycles. The first-order valence-corrected chi connectivity index (χ1v) is 8.30. The molecular weight excluding hydrogens is 346 g/mol. The van der Waals surface area contributed by atoms with Crippen molar-refractivity contribution in [2.75, 3.05) is 0 Å². The van der Waals surface area contributed by atoms with Gasteiger partial charge in [0.15, 0.2) is 0 Å². The molecule has 0 amide bonds. The molecule has 0 bridgehead atoms. The quantitative estimate of drug-likeness (QED) is 0.685. The zero-order chi connectivity index (χ0) is 18.4. The van der Waals surface area contributed by atoms with Crippen molar-refractivity contribution in [3.05, 3.63) is 41.9 Å². The number of benzene rings is 1. The van der Waals surface area contributed by atoms with E-state index in [2.05, 4.69) is 10.1 Å². The normalized spacial score (nSPS) is 14.5. The second kappa shape index (κ2) is 8.11. The Morgan fingerprint density at radius 2 is 2.04 bits per heavy atom. The minimum atomic E-state index is -1.58. The molecule has 2 rings (SSSR count). The molecule has 8 heteroatoms. The fourth-order valence-electron chi connectivity index (χ4n) is 2.35. The summed E-state index contributed by atoms with van der Waals surface area (Å²) in [5.41, 5.74) is -1.58. The van der Waals surface area contributed by atoms with Gasteiger partial charge in [-0.1, -0.05) is 31.4 Å². The van der Waals surface area contributed by atoms with E-state index in [1.165, 1.54) is 24.3 Å². The van der Waals surface area contributed by atoms with Crippen LogP contribution in [0.4, 0.5) is 0 Å². The van der Waals surface area contributed by atoms with E-state index >= 15 is 0 Å². The average molecular weight is 366 g/mol. The molecule has 7 nitrogen and oxygen atoms in total. The fourth-order valence-corrected chi connectivity index (χ4v) is 2.47. The number of carboxylic acid groups (broad SMARTS) is 1. The monoisotopic (exact) mass is 365 g/mol. The van der Waals surface area contributed by atoms with Crippen molar-refractivity contribution in [2.45, 2.75) is 39.3 Å².